The Kier molecular flexibility index (Phi) is 3.44. The molecular formula is C17H17N3O. The summed E-state index contributed by atoms with van der Waals surface area (Å²) in [4.78, 5) is 18.2. The number of aromatic nitrogens is 2. The van der Waals surface area contributed by atoms with Crippen LogP contribution in [0.4, 0.5) is 5.69 Å². The average Bonchev–Trinajstić information content (AvgIpc) is 2.50. The van der Waals surface area contributed by atoms with Crippen LogP contribution in [-0.2, 0) is 6.67 Å². The van der Waals surface area contributed by atoms with Crippen molar-refractivity contribution in [1.29, 1.82) is 0 Å². The molecule has 4 nitrogen and oxygen atoms in total. The van der Waals surface area contributed by atoms with E-state index in [2.05, 4.69) is 14.5 Å². The molecule has 2 aromatic heterocycles. The van der Waals surface area contributed by atoms with Crippen molar-refractivity contribution in [2.75, 3.05) is 11.9 Å². The van der Waals surface area contributed by atoms with Gasteiger partial charge in [0.25, 0.3) is 0 Å². The van der Waals surface area contributed by atoms with Crippen LogP contribution in [0.25, 0.3) is 10.9 Å². The summed E-state index contributed by atoms with van der Waals surface area (Å²) in [5.41, 5.74) is 3.10. The van der Waals surface area contributed by atoms with Crippen molar-refractivity contribution in [3.8, 4) is 0 Å². The molecule has 3 aromatic rings. The first-order chi connectivity index (χ1) is 10.1. The number of anilines is 1. The van der Waals surface area contributed by atoms with E-state index in [1.165, 1.54) is 0 Å². The van der Waals surface area contributed by atoms with Gasteiger partial charge in [-0.05, 0) is 31.2 Å². The van der Waals surface area contributed by atoms with E-state index in [1.807, 2.05) is 62.8 Å². The highest BCUT2D eigenvalue weighted by molar-refractivity contribution is 5.78. The summed E-state index contributed by atoms with van der Waals surface area (Å²) < 4.78 is 2.08. The zero-order chi connectivity index (χ0) is 14.8. The second-order valence-electron chi connectivity index (χ2n) is 5.16. The van der Waals surface area contributed by atoms with E-state index in [9.17, 15) is 4.79 Å². The normalized spacial score (nSPS) is 10.8. The predicted octanol–water partition coefficient (Wildman–Crippen LogP) is 2.80. The van der Waals surface area contributed by atoms with Crippen molar-refractivity contribution in [3.63, 3.8) is 0 Å². The van der Waals surface area contributed by atoms with Crippen LogP contribution in [0.3, 0.4) is 0 Å². The molecule has 21 heavy (non-hydrogen) atoms. The van der Waals surface area contributed by atoms with Gasteiger partial charge < -0.3 is 9.47 Å². The van der Waals surface area contributed by atoms with Crippen molar-refractivity contribution >= 4 is 16.6 Å². The molecule has 0 fully saturated rings. The zero-order valence-electron chi connectivity index (χ0n) is 12.2. The Morgan fingerprint density at radius 2 is 2.00 bits per heavy atom. The molecule has 1 aromatic carbocycles. The van der Waals surface area contributed by atoms with E-state index < -0.39 is 0 Å². The highest BCUT2D eigenvalue weighted by atomic mass is 16.1. The maximum absolute atomic E-state index is 11.9. The van der Waals surface area contributed by atoms with Crippen LogP contribution in [0.15, 0.2) is 59.7 Å². The molecule has 0 amide bonds. The molecule has 0 bridgehead atoms. The van der Waals surface area contributed by atoms with Crippen molar-refractivity contribution < 1.29 is 0 Å². The SMILES string of the molecule is Cc1cc(N(C)Cn2ccc(=O)c3ccccc32)ccn1. The number of fused-ring (bicyclic) bond motifs is 1. The third-order valence-electron chi connectivity index (χ3n) is 3.57. The lowest BCUT2D eigenvalue weighted by Crippen LogP contribution is -2.22. The minimum absolute atomic E-state index is 0.0595. The van der Waals surface area contributed by atoms with Crippen LogP contribution in [-0.4, -0.2) is 16.6 Å². The van der Waals surface area contributed by atoms with Crippen molar-refractivity contribution in [1.82, 2.24) is 9.55 Å². The van der Waals surface area contributed by atoms with Gasteiger partial charge in [0.15, 0.2) is 5.43 Å². The molecule has 4 heteroatoms. The number of pyridine rings is 2. The van der Waals surface area contributed by atoms with E-state index in [-0.39, 0.29) is 5.43 Å². The fourth-order valence-electron chi connectivity index (χ4n) is 2.46. The van der Waals surface area contributed by atoms with E-state index in [4.69, 9.17) is 0 Å². The summed E-state index contributed by atoms with van der Waals surface area (Å²) >= 11 is 0. The number of benzene rings is 1. The minimum atomic E-state index is 0.0595. The molecule has 106 valence electrons. The molecule has 0 radical (unpaired) electrons. The summed E-state index contributed by atoms with van der Waals surface area (Å²) in [6, 6.07) is 13.3. The first-order valence-corrected chi connectivity index (χ1v) is 6.87. The summed E-state index contributed by atoms with van der Waals surface area (Å²) in [5.74, 6) is 0. The second-order valence-corrected chi connectivity index (χ2v) is 5.16. The largest absolute Gasteiger partial charge is 0.356 e. The van der Waals surface area contributed by atoms with E-state index >= 15 is 0 Å². The first kappa shape index (κ1) is 13.4. The van der Waals surface area contributed by atoms with Crippen molar-refractivity contribution in [2.45, 2.75) is 13.6 Å². The predicted molar refractivity (Wildman–Crippen MR) is 85.6 cm³/mol. The summed E-state index contributed by atoms with van der Waals surface area (Å²) in [6.07, 6.45) is 3.65. The van der Waals surface area contributed by atoms with Crippen molar-refractivity contribution in [2.24, 2.45) is 0 Å². The van der Waals surface area contributed by atoms with E-state index in [0.29, 0.717) is 6.67 Å². The Labute approximate surface area is 123 Å². The first-order valence-electron chi connectivity index (χ1n) is 6.87. The lowest BCUT2D eigenvalue weighted by Gasteiger charge is -2.22. The number of rotatable bonds is 3. The van der Waals surface area contributed by atoms with Gasteiger partial charge in [-0.2, -0.15) is 0 Å². The summed E-state index contributed by atoms with van der Waals surface area (Å²) in [6.45, 7) is 2.65. The van der Waals surface area contributed by atoms with Gasteiger partial charge in [0, 0.05) is 42.3 Å². The Morgan fingerprint density at radius 1 is 1.19 bits per heavy atom. The molecule has 0 atom stereocenters. The number of hydrogen-bond acceptors (Lipinski definition) is 3. The number of nitrogens with zero attached hydrogens (tertiary/aromatic N) is 3. The summed E-state index contributed by atoms with van der Waals surface area (Å²) in [7, 11) is 2.03. The number of para-hydroxylation sites is 1. The monoisotopic (exact) mass is 279 g/mol. The van der Waals surface area contributed by atoms with Crippen LogP contribution in [0.5, 0.6) is 0 Å². The molecule has 0 N–H and O–H groups in total. The molecule has 0 aliphatic carbocycles. The second kappa shape index (κ2) is 5.40. The highest BCUT2D eigenvalue weighted by Gasteiger charge is 2.05. The summed E-state index contributed by atoms with van der Waals surface area (Å²) in [5, 5.41) is 0.749. The molecule has 0 aliphatic heterocycles. The Morgan fingerprint density at radius 3 is 2.81 bits per heavy atom. The van der Waals surface area contributed by atoms with Gasteiger partial charge in [-0.3, -0.25) is 9.78 Å². The standard InChI is InChI=1S/C17H17N3O/c1-13-11-14(7-9-18-13)19(2)12-20-10-8-17(21)15-5-3-4-6-16(15)20/h3-11H,12H2,1-2H3. The Hall–Kier alpha value is -2.62. The molecular weight excluding hydrogens is 262 g/mol. The van der Waals surface area contributed by atoms with Gasteiger partial charge in [-0.1, -0.05) is 12.1 Å². The fourth-order valence-corrected chi connectivity index (χ4v) is 2.46. The highest BCUT2D eigenvalue weighted by Crippen LogP contribution is 2.15. The third kappa shape index (κ3) is 2.65. The van der Waals surface area contributed by atoms with Gasteiger partial charge >= 0.3 is 0 Å². The lowest BCUT2D eigenvalue weighted by molar-refractivity contribution is 0.702. The molecule has 0 saturated heterocycles. The van der Waals surface area contributed by atoms with Crippen LogP contribution in [0.1, 0.15) is 5.69 Å². The smallest absolute Gasteiger partial charge is 0.189 e. The Balaban J connectivity index is 1.99. The molecule has 0 aliphatic rings. The van der Waals surface area contributed by atoms with Crippen LogP contribution in [0, 0.1) is 6.92 Å². The number of hydrogen-bond donors (Lipinski definition) is 0. The van der Waals surface area contributed by atoms with Crippen LogP contribution >= 0.6 is 0 Å². The Bertz CT molecular complexity index is 839. The molecule has 0 spiro atoms. The molecule has 2 heterocycles. The van der Waals surface area contributed by atoms with Gasteiger partial charge in [0.05, 0.1) is 12.2 Å². The van der Waals surface area contributed by atoms with Gasteiger partial charge in [-0.25, -0.2) is 0 Å². The van der Waals surface area contributed by atoms with Gasteiger partial charge in [-0.15, -0.1) is 0 Å². The minimum Gasteiger partial charge on any atom is -0.356 e. The molecule has 3 rings (SSSR count). The van der Waals surface area contributed by atoms with E-state index in [0.717, 1.165) is 22.3 Å². The number of aryl methyl sites for hydroxylation is 1. The maximum atomic E-state index is 11.9. The topological polar surface area (TPSA) is 38.1 Å². The average molecular weight is 279 g/mol. The van der Waals surface area contributed by atoms with E-state index in [1.54, 1.807) is 6.07 Å². The fraction of sp³-hybridized carbons (Fsp3) is 0.176. The maximum Gasteiger partial charge on any atom is 0.189 e. The molecule has 0 unspecified atom stereocenters. The van der Waals surface area contributed by atoms with Crippen molar-refractivity contribution in [3.05, 3.63) is 70.8 Å². The quantitative estimate of drug-likeness (QED) is 0.740. The third-order valence-corrected chi connectivity index (χ3v) is 3.57. The van der Waals surface area contributed by atoms with Crippen LogP contribution < -0.4 is 10.3 Å². The van der Waals surface area contributed by atoms with Gasteiger partial charge in [0.2, 0.25) is 0 Å². The van der Waals surface area contributed by atoms with Crippen LogP contribution in [0.2, 0.25) is 0 Å². The lowest BCUT2D eigenvalue weighted by atomic mass is 10.2. The zero-order valence-corrected chi connectivity index (χ0v) is 12.2. The van der Waals surface area contributed by atoms with Gasteiger partial charge in [0.1, 0.15) is 0 Å². The molecule has 0 saturated carbocycles.